The number of nitrogens with zero attached hydrogens (tertiary/aromatic N) is 3. The zero-order valence-corrected chi connectivity index (χ0v) is 20.9. The molecular formula is C24H34F2N8O3. The minimum Gasteiger partial charge on any atom is -0.382 e. The highest BCUT2D eigenvalue weighted by Gasteiger charge is 2.30. The van der Waals surface area contributed by atoms with Crippen molar-refractivity contribution in [2.24, 2.45) is 16.9 Å². The topological polar surface area (TPSA) is 172 Å². The van der Waals surface area contributed by atoms with E-state index in [0.29, 0.717) is 12.5 Å². The van der Waals surface area contributed by atoms with Gasteiger partial charge in [0.2, 0.25) is 5.91 Å². The van der Waals surface area contributed by atoms with Crippen LogP contribution in [0.3, 0.4) is 0 Å². The van der Waals surface area contributed by atoms with Crippen molar-refractivity contribution < 1.29 is 23.5 Å². The lowest BCUT2D eigenvalue weighted by Gasteiger charge is -2.28. The molecule has 202 valence electrons. The van der Waals surface area contributed by atoms with Gasteiger partial charge in [0.05, 0.1) is 24.6 Å². The summed E-state index contributed by atoms with van der Waals surface area (Å²) in [6, 6.07) is 1.55. The molecule has 0 saturated carbocycles. The third kappa shape index (κ3) is 8.03. The van der Waals surface area contributed by atoms with Gasteiger partial charge in [-0.1, -0.05) is 13.8 Å². The normalized spacial score (nSPS) is 15.4. The molecule has 0 fully saturated rings. The molecule has 3 unspecified atom stereocenters. The summed E-state index contributed by atoms with van der Waals surface area (Å²) >= 11 is 0. The molecule has 0 spiro atoms. The Balaban J connectivity index is 1.39. The SMILES string of the molecule is CC(C)(CNC(=O)CC(N)Cc1cc(F)ccc1F)CNC(=O)C(O)C(N)CN1CNc2cncnc21. The first-order valence-electron chi connectivity index (χ1n) is 11.9. The van der Waals surface area contributed by atoms with Crippen LogP contribution in [-0.4, -0.2) is 71.4 Å². The van der Waals surface area contributed by atoms with Crippen LogP contribution in [0.1, 0.15) is 25.8 Å². The van der Waals surface area contributed by atoms with E-state index >= 15 is 0 Å². The van der Waals surface area contributed by atoms with Gasteiger partial charge in [0.15, 0.2) is 5.82 Å². The highest BCUT2D eigenvalue weighted by molar-refractivity contribution is 5.81. The number of rotatable bonds is 12. The van der Waals surface area contributed by atoms with Crippen LogP contribution in [0.15, 0.2) is 30.7 Å². The number of carbonyl (C=O) groups is 2. The largest absolute Gasteiger partial charge is 0.382 e. The fraction of sp³-hybridized carbons (Fsp3) is 0.500. The van der Waals surface area contributed by atoms with Crippen molar-refractivity contribution in [1.82, 2.24) is 20.6 Å². The van der Waals surface area contributed by atoms with Crippen molar-refractivity contribution in [2.45, 2.75) is 44.9 Å². The van der Waals surface area contributed by atoms with Crippen LogP contribution in [0.2, 0.25) is 0 Å². The Kier molecular flexibility index (Phi) is 9.29. The van der Waals surface area contributed by atoms with Crippen LogP contribution in [-0.2, 0) is 16.0 Å². The molecule has 0 aliphatic carbocycles. The zero-order valence-electron chi connectivity index (χ0n) is 20.9. The number of benzene rings is 1. The number of fused-ring (bicyclic) bond motifs is 1. The van der Waals surface area contributed by atoms with Crippen LogP contribution < -0.4 is 32.3 Å². The lowest BCUT2D eigenvalue weighted by atomic mass is 9.93. The summed E-state index contributed by atoms with van der Waals surface area (Å²) in [5, 5.41) is 18.9. The van der Waals surface area contributed by atoms with E-state index in [1.54, 1.807) is 6.20 Å². The molecule has 1 aromatic carbocycles. The van der Waals surface area contributed by atoms with Gasteiger partial charge in [-0.2, -0.15) is 0 Å². The predicted octanol–water partition coefficient (Wildman–Crippen LogP) is -0.149. The van der Waals surface area contributed by atoms with E-state index in [1.165, 1.54) is 6.33 Å². The molecule has 3 atom stereocenters. The van der Waals surface area contributed by atoms with Crippen LogP contribution in [0, 0.1) is 17.0 Å². The number of carbonyl (C=O) groups excluding carboxylic acids is 2. The number of halogens is 2. The molecule has 2 heterocycles. The lowest BCUT2D eigenvalue weighted by molar-refractivity contribution is -0.130. The summed E-state index contributed by atoms with van der Waals surface area (Å²) in [4.78, 5) is 34.7. The highest BCUT2D eigenvalue weighted by atomic mass is 19.1. The molecule has 2 amide bonds. The van der Waals surface area contributed by atoms with Gasteiger partial charge in [0, 0.05) is 32.1 Å². The number of aliphatic hydroxyl groups is 1. The Morgan fingerprint density at radius 3 is 2.73 bits per heavy atom. The van der Waals surface area contributed by atoms with E-state index in [1.807, 2.05) is 18.7 Å². The number of amides is 2. The van der Waals surface area contributed by atoms with Gasteiger partial charge >= 0.3 is 0 Å². The second-order valence-corrected chi connectivity index (χ2v) is 9.99. The molecule has 8 N–H and O–H groups in total. The minimum atomic E-state index is -1.45. The number of nitrogens with one attached hydrogen (secondary N) is 3. The van der Waals surface area contributed by atoms with Gasteiger partial charge in [-0.15, -0.1) is 0 Å². The van der Waals surface area contributed by atoms with Crippen LogP contribution in [0.5, 0.6) is 0 Å². The maximum absolute atomic E-state index is 13.8. The number of nitrogens with two attached hydrogens (primary N) is 2. The van der Waals surface area contributed by atoms with Gasteiger partial charge in [-0.05, 0) is 35.6 Å². The molecule has 1 aromatic heterocycles. The molecule has 0 saturated heterocycles. The summed E-state index contributed by atoms with van der Waals surface area (Å²) in [5.74, 6) is -1.48. The number of aromatic nitrogens is 2. The summed E-state index contributed by atoms with van der Waals surface area (Å²) in [7, 11) is 0. The van der Waals surface area contributed by atoms with Crippen LogP contribution in [0.25, 0.3) is 0 Å². The number of hydrogen-bond acceptors (Lipinski definition) is 9. The zero-order chi connectivity index (χ0) is 27.2. The first kappa shape index (κ1) is 28.2. The van der Waals surface area contributed by atoms with Crippen molar-refractivity contribution in [3.63, 3.8) is 0 Å². The average Bonchev–Trinajstić information content (AvgIpc) is 3.26. The third-order valence-electron chi connectivity index (χ3n) is 6.00. The van der Waals surface area contributed by atoms with Gasteiger partial charge in [0.25, 0.3) is 5.91 Å². The van der Waals surface area contributed by atoms with Crippen molar-refractivity contribution >= 4 is 23.3 Å². The molecular weight excluding hydrogens is 486 g/mol. The average molecular weight is 521 g/mol. The first-order valence-corrected chi connectivity index (χ1v) is 11.9. The van der Waals surface area contributed by atoms with Crippen LogP contribution >= 0.6 is 0 Å². The second-order valence-electron chi connectivity index (χ2n) is 9.99. The number of hydrogen-bond donors (Lipinski definition) is 6. The Bertz CT molecular complexity index is 1100. The standard InChI is InChI=1S/C24H34F2N8O3/c1-24(2,10-30-20(35)7-16(27)6-14-5-15(25)3-4-17(14)26)11-31-23(37)21(36)18(28)9-34-13-33-19-8-29-12-32-22(19)34/h3-5,8,12,16,18,21,33,36H,6-7,9-11,13,27-28H2,1-2H3,(H,30,35)(H,31,37). The van der Waals surface area contributed by atoms with Gasteiger partial charge < -0.3 is 37.4 Å². The fourth-order valence-electron chi connectivity index (χ4n) is 3.85. The summed E-state index contributed by atoms with van der Waals surface area (Å²) in [6.45, 7) is 4.67. The molecule has 2 aromatic rings. The maximum atomic E-state index is 13.8. The smallest absolute Gasteiger partial charge is 0.250 e. The fourth-order valence-corrected chi connectivity index (χ4v) is 3.85. The number of aliphatic hydroxyl groups excluding tert-OH is 1. The molecule has 11 nitrogen and oxygen atoms in total. The van der Waals surface area contributed by atoms with Gasteiger partial charge in [-0.25, -0.2) is 18.7 Å². The predicted molar refractivity (Wildman–Crippen MR) is 134 cm³/mol. The molecule has 3 rings (SSSR count). The second kappa shape index (κ2) is 12.2. The lowest BCUT2D eigenvalue weighted by Crippen LogP contribution is -2.53. The van der Waals surface area contributed by atoms with E-state index in [-0.39, 0.29) is 43.9 Å². The molecule has 0 bridgehead atoms. The molecule has 37 heavy (non-hydrogen) atoms. The highest BCUT2D eigenvalue weighted by Crippen LogP contribution is 2.27. The van der Waals surface area contributed by atoms with E-state index in [0.717, 1.165) is 23.9 Å². The quantitative estimate of drug-likeness (QED) is 0.223. The first-order chi connectivity index (χ1) is 17.4. The Morgan fingerprint density at radius 2 is 1.97 bits per heavy atom. The minimum absolute atomic E-state index is 0.0145. The summed E-state index contributed by atoms with van der Waals surface area (Å²) in [6.07, 6.45) is 1.53. The Hall–Kier alpha value is -3.42. The molecule has 0 radical (unpaired) electrons. The van der Waals surface area contributed by atoms with Crippen LogP contribution in [0.4, 0.5) is 20.3 Å². The summed E-state index contributed by atoms with van der Waals surface area (Å²) in [5.41, 5.74) is 12.3. The van der Waals surface area contributed by atoms with Crippen molar-refractivity contribution in [3.8, 4) is 0 Å². The van der Waals surface area contributed by atoms with Crippen molar-refractivity contribution in [1.29, 1.82) is 0 Å². The van der Waals surface area contributed by atoms with E-state index in [4.69, 9.17) is 11.5 Å². The van der Waals surface area contributed by atoms with E-state index in [2.05, 4.69) is 25.9 Å². The molecule has 1 aliphatic heterocycles. The van der Waals surface area contributed by atoms with E-state index < -0.39 is 41.1 Å². The monoisotopic (exact) mass is 520 g/mol. The third-order valence-corrected chi connectivity index (χ3v) is 6.00. The molecule has 13 heteroatoms. The Morgan fingerprint density at radius 1 is 1.24 bits per heavy atom. The summed E-state index contributed by atoms with van der Waals surface area (Å²) < 4.78 is 27.1. The van der Waals surface area contributed by atoms with Gasteiger partial charge in [-0.3, -0.25) is 9.59 Å². The van der Waals surface area contributed by atoms with Gasteiger partial charge in [0.1, 0.15) is 24.1 Å². The van der Waals surface area contributed by atoms with Crippen molar-refractivity contribution in [3.05, 3.63) is 47.9 Å². The molecule has 1 aliphatic rings. The van der Waals surface area contributed by atoms with E-state index in [9.17, 15) is 23.5 Å². The van der Waals surface area contributed by atoms with Crippen molar-refractivity contribution in [2.75, 3.05) is 36.5 Å². The maximum Gasteiger partial charge on any atom is 0.250 e. The number of anilines is 2. The Labute approximate surface area is 214 Å².